The Kier molecular flexibility index (Phi) is 6.73. The van der Waals surface area contributed by atoms with Gasteiger partial charge < -0.3 is 4.99 Å². The van der Waals surface area contributed by atoms with Crippen LogP contribution in [0.3, 0.4) is 0 Å². The molecular weight excluding hydrogens is 146 g/mol. The van der Waals surface area contributed by atoms with Crippen molar-refractivity contribution in [2.45, 2.75) is 40.0 Å². The smallest absolute Gasteiger partial charge is 0.0273 e. The molecule has 0 aromatic rings. The number of hydrogen-bond acceptors (Lipinski definition) is 1. The molecule has 12 heavy (non-hydrogen) atoms. The fourth-order valence-corrected chi connectivity index (χ4v) is 1.39. The molecule has 1 heteroatoms. The second-order valence-corrected chi connectivity index (χ2v) is 3.13. The molecule has 1 nitrogen and oxygen atoms in total. The Morgan fingerprint density at radius 3 is 2.50 bits per heavy atom. The monoisotopic (exact) mass is 167 g/mol. The summed E-state index contributed by atoms with van der Waals surface area (Å²) in [5.41, 5.74) is 1.53. The molecular formula is C11H21N. The Bertz CT molecular complexity index is 156. The van der Waals surface area contributed by atoms with Gasteiger partial charge in [0.2, 0.25) is 0 Å². The molecule has 0 spiro atoms. The first-order chi connectivity index (χ1) is 5.76. The van der Waals surface area contributed by atoms with Gasteiger partial charge in [-0.3, -0.25) is 0 Å². The van der Waals surface area contributed by atoms with Gasteiger partial charge in [0.1, 0.15) is 0 Å². The maximum atomic E-state index is 4.06. The van der Waals surface area contributed by atoms with E-state index in [1.54, 1.807) is 0 Å². The summed E-state index contributed by atoms with van der Waals surface area (Å²) in [5, 5.41) is 0. The molecule has 0 bridgehead atoms. The highest BCUT2D eigenvalue weighted by molar-refractivity contribution is 5.64. The normalized spacial score (nSPS) is 15.5. The zero-order valence-electron chi connectivity index (χ0n) is 8.80. The van der Waals surface area contributed by atoms with Crippen molar-refractivity contribution in [2.24, 2.45) is 10.9 Å². The first-order valence-corrected chi connectivity index (χ1v) is 4.87. The largest absolute Gasteiger partial charge is 0.300 e. The number of hydrogen-bond donors (Lipinski definition) is 0. The van der Waals surface area contributed by atoms with Crippen LogP contribution in [0.15, 0.2) is 16.6 Å². The summed E-state index contributed by atoms with van der Waals surface area (Å²) < 4.78 is 0. The second-order valence-electron chi connectivity index (χ2n) is 3.13. The van der Waals surface area contributed by atoms with E-state index in [1.807, 2.05) is 13.3 Å². The molecule has 0 saturated carbocycles. The highest BCUT2D eigenvalue weighted by Gasteiger charge is 2.03. The van der Waals surface area contributed by atoms with Crippen molar-refractivity contribution in [3.63, 3.8) is 0 Å². The van der Waals surface area contributed by atoms with Gasteiger partial charge in [0, 0.05) is 19.2 Å². The van der Waals surface area contributed by atoms with Gasteiger partial charge in [-0.15, -0.1) is 0 Å². The van der Waals surface area contributed by atoms with Crippen LogP contribution in [0.5, 0.6) is 0 Å². The van der Waals surface area contributed by atoms with Crippen LogP contribution in [0.4, 0.5) is 0 Å². The average Bonchev–Trinajstić information content (AvgIpc) is 2.04. The van der Waals surface area contributed by atoms with E-state index in [0.29, 0.717) is 5.92 Å². The summed E-state index contributed by atoms with van der Waals surface area (Å²) in [6.07, 6.45) is 7.93. The Morgan fingerprint density at radius 2 is 2.08 bits per heavy atom. The summed E-state index contributed by atoms with van der Waals surface area (Å²) >= 11 is 0. The van der Waals surface area contributed by atoms with Crippen molar-refractivity contribution in [1.29, 1.82) is 0 Å². The Morgan fingerprint density at radius 1 is 1.42 bits per heavy atom. The van der Waals surface area contributed by atoms with Crippen molar-refractivity contribution in [3.05, 3.63) is 11.6 Å². The van der Waals surface area contributed by atoms with E-state index in [9.17, 15) is 0 Å². The fraction of sp³-hybridized carbons (Fsp3) is 0.727. The van der Waals surface area contributed by atoms with Crippen LogP contribution >= 0.6 is 0 Å². The Balaban J connectivity index is 4.18. The maximum absolute atomic E-state index is 4.06. The van der Waals surface area contributed by atoms with Crippen molar-refractivity contribution < 1.29 is 0 Å². The summed E-state index contributed by atoms with van der Waals surface area (Å²) in [6, 6.07) is 0. The minimum absolute atomic E-state index is 0.523. The molecule has 0 rings (SSSR count). The summed E-state index contributed by atoms with van der Waals surface area (Å²) in [5.74, 6) is 0.523. The van der Waals surface area contributed by atoms with Crippen LogP contribution in [-0.2, 0) is 0 Å². The van der Waals surface area contributed by atoms with E-state index < -0.39 is 0 Å². The number of allylic oxidation sites excluding steroid dienone is 2. The van der Waals surface area contributed by atoms with Crippen molar-refractivity contribution in [2.75, 3.05) is 7.05 Å². The number of aliphatic imine (C=N–C) groups is 1. The van der Waals surface area contributed by atoms with Crippen LogP contribution in [0.2, 0.25) is 0 Å². The summed E-state index contributed by atoms with van der Waals surface area (Å²) in [7, 11) is 1.84. The Hall–Kier alpha value is -0.590. The average molecular weight is 167 g/mol. The zero-order valence-corrected chi connectivity index (χ0v) is 8.80. The molecule has 0 aromatic carbocycles. The molecule has 0 fully saturated rings. The predicted molar refractivity (Wildman–Crippen MR) is 56.9 cm³/mol. The highest BCUT2D eigenvalue weighted by Crippen LogP contribution is 2.15. The van der Waals surface area contributed by atoms with Gasteiger partial charge in [-0.1, -0.05) is 38.8 Å². The third kappa shape index (κ3) is 4.32. The molecule has 0 saturated heterocycles. The van der Waals surface area contributed by atoms with Gasteiger partial charge in [-0.05, 0) is 12.8 Å². The first-order valence-electron chi connectivity index (χ1n) is 4.87. The Labute approximate surface area is 76.6 Å². The number of rotatable bonds is 5. The molecule has 1 atom stereocenters. The third-order valence-corrected chi connectivity index (χ3v) is 1.96. The third-order valence-electron chi connectivity index (χ3n) is 1.96. The van der Waals surface area contributed by atoms with Gasteiger partial charge in [-0.25, -0.2) is 0 Å². The molecule has 0 N–H and O–H groups in total. The summed E-state index contributed by atoms with van der Waals surface area (Å²) in [6.45, 7) is 6.62. The lowest BCUT2D eigenvalue weighted by Gasteiger charge is -2.10. The zero-order chi connectivity index (χ0) is 9.40. The topological polar surface area (TPSA) is 12.4 Å². The van der Waals surface area contributed by atoms with E-state index in [-0.39, 0.29) is 0 Å². The quantitative estimate of drug-likeness (QED) is 0.439. The van der Waals surface area contributed by atoms with Crippen LogP contribution in [-0.4, -0.2) is 13.3 Å². The minimum Gasteiger partial charge on any atom is -0.300 e. The SMILES string of the molecule is CC/C=C(\CCC)C(C)C=NC. The molecule has 70 valence electrons. The van der Waals surface area contributed by atoms with E-state index in [2.05, 4.69) is 31.8 Å². The molecule has 0 aliphatic carbocycles. The van der Waals surface area contributed by atoms with Crippen LogP contribution < -0.4 is 0 Å². The van der Waals surface area contributed by atoms with Crippen molar-refractivity contribution >= 4 is 6.21 Å². The summed E-state index contributed by atoms with van der Waals surface area (Å²) in [4.78, 5) is 4.06. The first kappa shape index (κ1) is 11.4. The second kappa shape index (κ2) is 7.08. The van der Waals surface area contributed by atoms with Gasteiger partial charge >= 0.3 is 0 Å². The molecule has 0 aliphatic heterocycles. The standard InChI is InChI=1S/C11H21N/c1-5-7-11(8-6-2)10(3)9-12-4/h7,9-10H,5-6,8H2,1-4H3/b11-7+,12-9?. The lowest BCUT2D eigenvalue weighted by molar-refractivity contribution is 0.788. The molecule has 0 amide bonds. The van der Waals surface area contributed by atoms with Gasteiger partial charge in [0.15, 0.2) is 0 Å². The van der Waals surface area contributed by atoms with Crippen LogP contribution in [0, 0.1) is 5.92 Å². The molecule has 0 aromatic heterocycles. The van der Waals surface area contributed by atoms with Gasteiger partial charge in [0.05, 0.1) is 0 Å². The highest BCUT2D eigenvalue weighted by atomic mass is 14.6. The van der Waals surface area contributed by atoms with Gasteiger partial charge in [0.25, 0.3) is 0 Å². The van der Waals surface area contributed by atoms with Crippen molar-refractivity contribution in [3.8, 4) is 0 Å². The van der Waals surface area contributed by atoms with E-state index in [0.717, 1.165) is 6.42 Å². The molecule has 0 heterocycles. The lowest BCUT2D eigenvalue weighted by atomic mass is 9.97. The molecule has 0 aliphatic rings. The number of nitrogens with zero attached hydrogens (tertiary/aromatic N) is 1. The van der Waals surface area contributed by atoms with Crippen molar-refractivity contribution in [1.82, 2.24) is 0 Å². The minimum atomic E-state index is 0.523. The van der Waals surface area contributed by atoms with E-state index in [1.165, 1.54) is 18.4 Å². The lowest BCUT2D eigenvalue weighted by Crippen LogP contribution is -2.00. The molecule has 0 radical (unpaired) electrons. The predicted octanol–water partition coefficient (Wildman–Crippen LogP) is 3.46. The van der Waals surface area contributed by atoms with Crippen LogP contribution in [0.25, 0.3) is 0 Å². The molecule has 1 unspecified atom stereocenters. The van der Waals surface area contributed by atoms with Crippen LogP contribution in [0.1, 0.15) is 40.0 Å². The van der Waals surface area contributed by atoms with E-state index in [4.69, 9.17) is 0 Å². The maximum Gasteiger partial charge on any atom is 0.0273 e. The van der Waals surface area contributed by atoms with E-state index >= 15 is 0 Å². The van der Waals surface area contributed by atoms with Gasteiger partial charge in [-0.2, -0.15) is 0 Å². The fourth-order valence-electron chi connectivity index (χ4n) is 1.39.